The molecule has 0 unspecified atom stereocenters. The molecule has 4 aromatic rings. The molecule has 9 heteroatoms. The van der Waals surface area contributed by atoms with E-state index in [0.29, 0.717) is 10.7 Å². The largest absolute Gasteiger partial charge is 0.369 e. The van der Waals surface area contributed by atoms with E-state index >= 15 is 0 Å². The highest BCUT2D eigenvalue weighted by molar-refractivity contribution is 7.90. The molecule has 0 atom stereocenters. The SMILES string of the molecule is [C-]#[N+]c1ccc(-c2ncc(CN=C(N)NS(=O)(=O)c3ccccc3)cc2-c2ccc(Cl)cc2)cc1. The van der Waals surface area contributed by atoms with Gasteiger partial charge in [0.25, 0.3) is 10.0 Å². The first kappa shape index (κ1) is 24.0. The van der Waals surface area contributed by atoms with E-state index < -0.39 is 10.0 Å². The molecular weight excluding hydrogens is 482 g/mol. The minimum Gasteiger partial charge on any atom is -0.369 e. The van der Waals surface area contributed by atoms with Gasteiger partial charge in [-0.05, 0) is 47.0 Å². The van der Waals surface area contributed by atoms with Crippen LogP contribution in [0.25, 0.3) is 27.2 Å². The molecule has 4 rings (SSSR count). The molecule has 0 fully saturated rings. The van der Waals surface area contributed by atoms with Crippen molar-refractivity contribution in [3.8, 4) is 22.4 Å². The lowest BCUT2D eigenvalue weighted by molar-refractivity contribution is 0.592. The van der Waals surface area contributed by atoms with E-state index in [-0.39, 0.29) is 17.4 Å². The Morgan fingerprint density at radius 1 is 1.00 bits per heavy atom. The smallest absolute Gasteiger partial charge is 0.264 e. The molecule has 0 aliphatic heterocycles. The van der Waals surface area contributed by atoms with Crippen LogP contribution < -0.4 is 10.5 Å². The van der Waals surface area contributed by atoms with E-state index in [1.165, 1.54) is 12.1 Å². The summed E-state index contributed by atoms with van der Waals surface area (Å²) in [6.07, 6.45) is 1.67. The second-order valence-corrected chi connectivity index (χ2v) is 9.64. The van der Waals surface area contributed by atoms with Gasteiger partial charge in [-0.25, -0.2) is 23.0 Å². The summed E-state index contributed by atoms with van der Waals surface area (Å²) in [5, 5.41) is 0.615. The molecule has 3 aromatic carbocycles. The van der Waals surface area contributed by atoms with Gasteiger partial charge in [-0.1, -0.05) is 66.2 Å². The van der Waals surface area contributed by atoms with Crippen molar-refractivity contribution in [2.45, 2.75) is 11.4 Å². The van der Waals surface area contributed by atoms with Crippen LogP contribution in [0, 0.1) is 6.57 Å². The number of hydrogen-bond acceptors (Lipinski definition) is 4. The number of nitrogens with two attached hydrogens (primary N) is 1. The molecular formula is C26H20ClN5O2S. The number of aliphatic imine (C=N–C) groups is 1. The zero-order valence-corrected chi connectivity index (χ0v) is 20.0. The molecule has 0 amide bonds. The van der Waals surface area contributed by atoms with Crippen molar-refractivity contribution in [2.75, 3.05) is 0 Å². The molecule has 35 heavy (non-hydrogen) atoms. The van der Waals surface area contributed by atoms with Crippen LogP contribution >= 0.6 is 11.6 Å². The lowest BCUT2D eigenvalue weighted by Crippen LogP contribution is -2.36. The number of aromatic nitrogens is 1. The molecule has 1 aromatic heterocycles. The van der Waals surface area contributed by atoms with Gasteiger partial charge in [0.1, 0.15) is 0 Å². The fourth-order valence-electron chi connectivity index (χ4n) is 3.37. The van der Waals surface area contributed by atoms with Gasteiger partial charge < -0.3 is 5.73 Å². The Morgan fingerprint density at radius 3 is 2.31 bits per heavy atom. The summed E-state index contributed by atoms with van der Waals surface area (Å²) in [5.41, 5.74) is 10.5. The van der Waals surface area contributed by atoms with Crippen LogP contribution in [0.15, 0.2) is 101 Å². The summed E-state index contributed by atoms with van der Waals surface area (Å²) in [6.45, 7) is 7.28. The normalized spacial score (nSPS) is 11.6. The summed E-state index contributed by atoms with van der Waals surface area (Å²) < 4.78 is 27.2. The predicted molar refractivity (Wildman–Crippen MR) is 138 cm³/mol. The molecule has 174 valence electrons. The van der Waals surface area contributed by atoms with Gasteiger partial charge in [-0.2, -0.15) is 0 Å². The lowest BCUT2D eigenvalue weighted by atomic mass is 9.98. The number of sulfonamides is 1. The maximum absolute atomic E-state index is 12.5. The fraction of sp³-hybridized carbons (Fsp3) is 0.0385. The van der Waals surface area contributed by atoms with E-state index in [0.717, 1.165) is 27.9 Å². The van der Waals surface area contributed by atoms with Crippen molar-refractivity contribution < 1.29 is 8.42 Å². The molecule has 3 N–H and O–H groups in total. The highest BCUT2D eigenvalue weighted by Crippen LogP contribution is 2.33. The van der Waals surface area contributed by atoms with Crippen LogP contribution in [0.3, 0.4) is 0 Å². The topological polar surface area (TPSA) is 102 Å². The molecule has 0 aliphatic carbocycles. The Hall–Kier alpha value is -4.19. The van der Waals surface area contributed by atoms with Gasteiger partial charge in [0.05, 0.1) is 23.7 Å². The molecule has 1 heterocycles. The standard InChI is InChI=1S/C26H20ClN5O2S/c1-29-22-13-9-20(10-14-22)25-24(19-7-11-21(27)12-8-19)15-18(16-30-25)17-31-26(28)32-35(33,34)23-5-3-2-4-6-23/h2-16H,17H2,(H3,28,31,32). The Bertz CT molecular complexity index is 1510. The van der Waals surface area contributed by atoms with Gasteiger partial charge in [-0.15, -0.1) is 0 Å². The van der Waals surface area contributed by atoms with Crippen LogP contribution in [0.4, 0.5) is 5.69 Å². The zero-order chi connectivity index (χ0) is 24.8. The van der Waals surface area contributed by atoms with Crippen molar-refractivity contribution in [3.05, 3.63) is 113 Å². The van der Waals surface area contributed by atoms with E-state index in [1.54, 1.807) is 48.7 Å². The average molecular weight is 502 g/mol. The van der Waals surface area contributed by atoms with Gasteiger partial charge in [0.15, 0.2) is 5.69 Å². The van der Waals surface area contributed by atoms with Gasteiger partial charge in [0.2, 0.25) is 5.96 Å². The first-order valence-corrected chi connectivity index (χ1v) is 12.3. The monoisotopic (exact) mass is 501 g/mol. The molecule has 0 bridgehead atoms. The van der Waals surface area contributed by atoms with Crippen LogP contribution in [0.5, 0.6) is 0 Å². The summed E-state index contributed by atoms with van der Waals surface area (Å²) in [4.78, 5) is 12.4. The number of nitrogens with one attached hydrogen (secondary N) is 1. The molecule has 0 radical (unpaired) electrons. The minimum absolute atomic E-state index is 0.0958. The molecule has 7 nitrogen and oxygen atoms in total. The van der Waals surface area contributed by atoms with Crippen molar-refractivity contribution >= 4 is 33.3 Å². The molecule has 0 spiro atoms. The van der Waals surface area contributed by atoms with Crippen molar-refractivity contribution in [1.29, 1.82) is 0 Å². The average Bonchev–Trinajstić information content (AvgIpc) is 2.88. The third kappa shape index (κ3) is 5.84. The summed E-state index contributed by atoms with van der Waals surface area (Å²) >= 11 is 6.07. The Morgan fingerprint density at radius 2 is 1.66 bits per heavy atom. The summed E-state index contributed by atoms with van der Waals surface area (Å²) in [6, 6.07) is 24.4. The number of pyridine rings is 1. The lowest BCUT2D eigenvalue weighted by Gasteiger charge is -2.12. The van der Waals surface area contributed by atoms with E-state index in [9.17, 15) is 8.42 Å². The second-order valence-electron chi connectivity index (χ2n) is 7.53. The Kier molecular flexibility index (Phi) is 7.11. The number of rotatable bonds is 6. The predicted octanol–water partition coefficient (Wildman–Crippen LogP) is 5.41. The maximum Gasteiger partial charge on any atom is 0.264 e. The number of halogens is 1. The third-order valence-corrected chi connectivity index (χ3v) is 6.72. The molecule has 0 aliphatic rings. The van der Waals surface area contributed by atoms with Crippen LogP contribution in [-0.2, 0) is 16.6 Å². The van der Waals surface area contributed by atoms with Gasteiger partial charge in [-0.3, -0.25) is 4.98 Å². The number of guanidine groups is 1. The van der Waals surface area contributed by atoms with E-state index in [1.807, 2.05) is 30.3 Å². The maximum atomic E-state index is 12.5. The van der Waals surface area contributed by atoms with Crippen molar-refractivity contribution in [1.82, 2.24) is 9.71 Å². The highest BCUT2D eigenvalue weighted by Gasteiger charge is 2.15. The minimum atomic E-state index is -3.82. The van der Waals surface area contributed by atoms with Gasteiger partial charge >= 0.3 is 0 Å². The number of benzene rings is 3. The Balaban J connectivity index is 1.64. The highest BCUT2D eigenvalue weighted by atomic mass is 35.5. The van der Waals surface area contributed by atoms with Gasteiger partial charge in [0, 0.05) is 16.8 Å². The second kappa shape index (κ2) is 10.4. The number of nitrogens with zero attached hydrogens (tertiary/aromatic N) is 3. The first-order valence-electron chi connectivity index (χ1n) is 10.5. The summed E-state index contributed by atoms with van der Waals surface area (Å²) in [5.74, 6) is -0.222. The van der Waals surface area contributed by atoms with Crippen molar-refractivity contribution in [2.24, 2.45) is 10.7 Å². The number of hydrogen-bond donors (Lipinski definition) is 2. The van der Waals surface area contributed by atoms with Crippen LogP contribution in [0.1, 0.15) is 5.56 Å². The zero-order valence-electron chi connectivity index (χ0n) is 18.4. The third-order valence-electron chi connectivity index (χ3n) is 5.09. The first-order chi connectivity index (χ1) is 16.9. The molecule has 0 saturated carbocycles. The van der Waals surface area contributed by atoms with Crippen molar-refractivity contribution in [3.63, 3.8) is 0 Å². The van der Waals surface area contributed by atoms with Crippen LogP contribution in [-0.4, -0.2) is 19.4 Å². The fourth-order valence-corrected chi connectivity index (χ4v) is 4.47. The van der Waals surface area contributed by atoms with Crippen LogP contribution in [0.2, 0.25) is 5.02 Å². The Labute approximate surface area is 208 Å². The summed E-state index contributed by atoms with van der Waals surface area (Å²) in [7, 11) is -3.82. The van der Waals surface area contributed by atoms with E-state index in [2.05, 4.69) is 19.5 Å². The quantitative estimate of drug-likeness (QED) is 0.209. The molecule has 0 saturated heterocycles. The van der Waals surface area contributed by atoms with E-state index in [4.69, 9.17) is 23.9 Å².